The normalized spacial score (nSPS) is 10.6. The molecule has 0 radical (unpaired) electrons. The summed E-state index contributed by atoms with van der Waals surface area (Å²) in [6.45, 7) is 0.486. The van der Waals surface area contributed by atoms with Crippen molar-refractivity contribution in [3.8, 4) is 5.75 Å². The smallest absolute Gasteiger partial charge is 0.165 e. The minimum Gasteiger partial charge on any atom is -0.485 e. The van der Waals surface area contributed by atoms with Crippen molar-refractivity contribution in [2.75, 3.05) is 6.54 Å². The van der Waals surface area contributed by atoms with Crippen LogP contribution in [-0.2, 0) is 13.0 Å². The van der Waals surface area contributed by atoms with E-state index in [4.69, 9.17) is 10.5 Å². The zero-order chi connectivity index (χ0) is 14.5. The van der Waals surface area contributed by atoms with Crippen molar-refractivity contribution in [2.45, 2.75) is 13.0 Å². The summed E-state index contributed by atoms with van der Waals surface area (Å²) in [5.41, 5.74) is 6.82. The Kier molecular flexibility index (Phi) is 5.09. The van der Waals surface area contributed by atoms with Crippen LogP contribution in [-0.4, -0.2) is 6.54 Å². The van der Waals surface area contributed by atoms with E-state index in [-0.39, 0.29) is 18.2 Å². The fourth-order valence-electron chi connectivity index (χ4n) is 1.88. The fourth-order valence-corrected chi connectivity index (χ4v) is 2.26. The topological polar surface area (TPSA) is 35.2 Å². The van der Waals surface area contributed by atoms with Crippen LogP contribution in [0.1, 0.15) is 11.1 Å². The van der Waals surface area contributed by atoms with E-state index in [1.54, 1.807) is 24.3 Å². The van der Waals surface area contributed by atoms with Crippen molar-refractivity contribution in [2.24, 2.45) is 5.73 Å². The van der Waals surface area contributed by atoms with Gasteiger partial charge in [-0.1, -0.05) is 24.3 Å². The average Bonchev–Trinajstić information content (AvgIpc) is 2.43. The summed E-state index contributed by atoms with van der Waals surface area (Å²) >= 11 is 3.15. The molecule has 5 heteroatoms. The van der Waals surface area contributed by atoms with Crippen LogP contribution >= 0.6 is 15.9 Å². The number of halogens is 3. The second-order valence-electron chi connectivity index (χ2n) is 4.27. The molecule has 0 bridgehead atoms. The SMILES string of the molecule is NCCc1cccc(F)c1OCc1cccc(F)c1Br. The molecule has 0 heterocycles. The molecule has 2 rings (SSSR count). The van der Waals surface area contributed by atoms with E-state index in [9.17, 15) is 8.78 Å². The van der Waals surface area contributed by atoms with E-state index in [2.05, 4.69) is 15.9 Å². The van der Waals surface area contributed by atoms with Crippen LogP contribution in [0.4, 0.5) is 8.78 Å². The maximum atomic E-state index is 13.8. The molecule has 0 unspecified atom stereocenters. The Morgan fingerprint density at radius 3 is 2.35 bits per heavy atom. The number of nitrogens with two attached hydrogens (primary N) is 1. The first kappa shape index (κ1) is 14.9. The first-order chi connectivity index (χ1) is 9.63. The highest BCUT2D eigenvalue weighted by Gasteiger charge is 2.11. The molecular weight excluding hydrogens is 328 g/mol. The number of hydrogen-bond donors (Lipinski definition) is 1. The zero-order valence-electron chi connectivity index (χ0n) is 10.7. The van der Waals surface area contributed by atoms with Crippen LogP contribution in [0.2, 0.25) is 0 Å². The van der Waals surface area contributed by atoms with Crippen LogP contribution in [0.25, 0.3) is 0 Å². The van der Waals surface area contributed by atoms with Crippen molar-refractivity contribution in [1.29, 1.82) is 0 Å². The van der Waals surface area contributed by atoms with Gasteiger partial charge in [0.05, 0.1) is 4.47 Å². The molecule has 0 fully saturated rings. The third kappa shape index (κ3) is 3.35. The van der Waals surface area contributed by atoms with E-state index in [1.165, 1.54) is 12.1 Å². The minimum absolute atomic E-state index is 0.0802. The van der Waals surface area contributed by atoms with Gasteiger partial charge < -0.3 is 10.5 Å². The summed E-state index contributed by atoms with van der Waals surface area (Å²) < 4.78 is 33.0. The molecule has 106 valence electrons. The van der Waals surface area contributed by atoms with Gasteiger partial charge in [-0.2, -0.15) is 0 Å². The Morgan fingerprint density at radius 2 is 1.65 bits per heavy atom. The maximum absolute atomic E-state index is 13.8. The molecule has 0 saturated carbocycles. The number of rotatable bonds is 5. The molecule has 0 aliphatic rings. The first-order valence-electron chi connectivity index (χ1n) is 6.16. The quantitative estimate of drug-likeness (QED) is 0.897. The largest absolute Gasteiger partial charge is 0.485 e. The Balaban J connectivity index is 2.20. The highest BCUT2D eigenvalue weighted by atomic mass is 79.9. The molecule has 2 aromatic rings. The van der Waals surface area contributed by atoms with E-state index < -0.39 is 5.82 Å². The fraction of sp³-hybridized carbons (Fsp3) is 0.200. The molecule has 0 aliphatic heterocycles. The third-order valence-electron chi connectivity index (χ3n) is 2.87. The van der Waals surface area contributed by atoms with Crippen molar-refractivity contribution >= 4 is 15.9 Å². The summed E-state index contributed by atoms with van der Waals surface area (Å²) in [6, 6.07) is 9.36. The predicted octanol–water partition coefficient (Wildman–Crippen LogP) is 3.81. The van der Waals surface area contributed by atoms with Gasteiger partial charge in [0, 0.05) is 5.56 Å². The summed E-state index contributed by atoms with van der Waals surface area (Å²) in [6.07, 6.45) is 0.525. The van der Waals surface area contributed by atoms with Gasteiger partial charge in [0.25, 0.3) is 0 Å². The summed E-state index contributed by atoms with van der Waals surface area (Å²) in [4.78, 5) is 0. The second kappa shape index (κ2) is 6.81. The lowest BCUT2D eigenvalue weighted by atomic mass is 10.1. The molecule has 20 heavy (non-hydrogen) atoms. The molecule has 0 saturated heterocycles. The Morgan fingerprint density at radius 1 is 1.00 bits per heavy atom. The lowest BCUT2D eigenvalue weighted by Gasteiger charge is -2.13. The van der Waals surface area contributed by atoms with Gasteiger partial charge in [-0.05, 0) is 46.6 Å². The number of ether oxygens (including phenoxy) is 1. The predicted molar refractivity (Wildman–Crippen MR) is 77.6 cm³/mol. The molecule has 0 aliphatic carbocycles. The van der Waals surface area contributed by atoms with Gasteiger partial charge in [-0.15, -0.1) is 0 Å². The van der Waals surface area contributed by atoms with E-state index >= 15 is 0 Å². The van der Waals surface area contributed by atoms with Crippen molar-refractivity contribution in [3.63, 3.8) is 0 Å². The first-order valence-corrected chi connectivity index (χ1v) is 6.96. The molecule has 2 aromatic carbocycles. The van der Waals surface area contributed by atoms with Crippen LogP contribution < -0.4 is 10.5 Å². The maximum Gasteiger partial charge on any atom is 0.165 e. The molecule has 0 spiro atoms. The van der Waals surface area contributed by atoms with Crippen LogP contribution in [0, 0.1) is 11.6 Å². The Bertz CT molecular complexity index is 604. The molecular formula is C15H14BrF2NO. The molecule has 2 N–H and O–H groups in total. The monoisotopic (exact) mass is 341 g/mol. The molecule has 2 nitrogen and oxygen atoms in total. The zero-order valence-corrected chi connectivity index (χ0v) is 12.3. The lowest BCUT2D eigenvalue weighted by Crippen LogP contribution is -2.07. The number of benzene rings is 2. The third-order valence-corrected chi connectivity index (χ3v) is 3.75. The Hall–Kier alpha value is -1.46. The van der Waals surface area contributed by atoms with E-state index in [1.807, 2.05) is 0 Å². The van der Waals surface area contributed by atoms with E-state index in [0.29, 0.717) is 28.6 Å². The van der Waals surface area contributed by atoms with Crippen LogP contribution in [0.3, 0.4) is 0 Å². The second-order valence-corrected chi connectivity index (χ2v) is 5.06. The molecule has 0 atom stereocenters. The van der Waals surface area contributed by atoms with E-state index in [0.717, 1.165) is 0 Å². The highest BCUT2D eigenvalue weighted by molar-refractivity contribution is 9.10. The standard InChI is InChI=1S/C15H14BrF2NO/c16-14-11(4-2-5-12(14)17)9-20-15-10(7-8-19)3-1-6-13(15)18/h1-6H,7-9,19H2. The minimum atomic E-state index is -0.441. The van der Waals surface area contributed by atoms with Crippen LogP contribution in [0.5, 0.6) is 5.75 Å². The van der Waals surface area contributed by atoms with Gasteiger partial charge in [0.15, 0.2) is 11.6 Å². The van der Waals surface area contributed by atoms with Crippen molar-refractivity contribution < 1.29 is 13.5 Å². The van der Waals surface area contributed by atoms with Gasteiger partial charge in [0.2, 0.25) is 0 Å². The number of para-hydroxylation sites is 1. The highest BCUT2D eigenvalue weighted by Crippen LogP contribution is 2.26. The average molecular weight is 342 g/mol. The van der Waals surface area contributed by atoms with Crippen LogP contribution in [0.15, 0.2) is 40.9 Å². The summed E-state index contributed by atoms with van der Waals surface area (Å²) in [7, 11) is 0. The molecule has 0 amide bonds. The van der Waals surface area contributed by atoms with Gasteiger partial charge in [0.1, 0.15) is 12.4 Å². The summed E-state index contributed by atoms with van der Waals surface area (Å²) in [5, 5.41) is 0. The lowest BCUT2D eigenvalue weighted by molar-refractivity contribution is 0.285. The number of hydrogen-bond acceptors (Lipinski definition) is 2. The molecule has 0 aromatic heterocycles. The van der Waals surface area contributed by atoms with Gasteiger partial charge >= 0.3 is 0 Å². The van der Waals surface area contributed by atoms with Gasteiger partial charge in [-0.3, -0.25) is 0 Å². The summed E-state index contributed by atoms with van der Waals surface area (Å²) in [5.74, 6) is -0.639. The van der Waals surface area contributed by atoms with Crippen molar-refractivity contribution in [1.82, 2.24) is 0 Å². The Labute approximate surface area is 124 Å². The van der Waals surface area contributed by atoms with Crippen molar-refractivity contribution in [3.05, 3.63) is 63.6 Å². The van der Waals surface area contributed by atoms with Gasteiger partial charge in [-0.25, -0.2) is 8.78 Å².